The highest BCUT2D eigenvalue weighted by atomic mass is 32.2. The van der Waals surface area contributed by atoms with Crippen LogP contribution in [-0.4, -0.2) is 22.6 Å². The molecule has 4 rings (SSSR count). The molecule has 0 unspecified atom stereocenters. The van der Waals surface area contributed by atoms with Crippen molar-refractivity contribution in [2.24, 2.45) is 5.73 Å². The van der Waals surface area contributed by atoms with Gasteiger partial charge in [-0.15, -0.1) is 22.7 Å². The van der Waals surface area contributed by atoms with Crippen LogP contribution < -0.4 is 11.1 Å². The molecule has 0 radical (unpaired) electrons. The Kier molecular flexibility index (Phi) is 4.97. The molecule has 0 aliphatic heterocycles. The van der Waals surface area contributed by atoms with E-state index in [1.54, 1.807) is 11.3 Å². The lowest BCUT2D eigenvalue weighted by atomic mass is 9.95. The summed E-state index contributed by atoms with van der Waals surface area (Å²) in [7, 11) is 0. The molecule has 1 aliphatic rings. The summed E-state index contributed by atoms with van der Waals surface area (Å²) in [5, 5.41) is 3.48. The number of thiophene rings is 1. The molecule has 3 aromatic rings. The minimum absolute atomic E-state index is 0.143. The fraction of sp³-hybridized carbons (Fsp3) is 0.278. The van der Waals surface area contributed by atoms with E-state index in [1.165, 1.54) is 28.0 Å². The number of fused-ring (bicyclic) bond motifs is 2. The van der Waals surface area contributed by atoms with Crippen molar-refractivity contribution in [3.05, 3.63) is 40.3 Å². The molecule has 2 amide bonds. The summed E-state index contributed by atoms with van der Waals surface area (Å²) in [6, 6.07) is 7.91. The maximum Gasteiger partial charge on any atom is 0.251 e. The molecule has 3 N–H and O–H groups in total. The van der Waals surface area contributed by atoms with Gasteiger partial charge >= 0.3 is 0 Å². The summed E-state index contributed by atoms with van der Waals surface area (Å²) in [6.45, 7) is 0. The number of aromatic nitrogens is 1. The molecule has 0 saturated carbocycles. The quantitative estimate of drug-likeness (QED) is 0.629. The normalized spacial score (nSPS) is 13.5. The Hall–Kier alpha value is -1.90. The number of hydrogen-bond donors (Lipinski definition) is 2. The van der Waals surface area contributed by atoms with Gasteiger partial charge in [0, 0.05) is 4.88 Å². The number of hydrogen-bond acceptors (Lipinski definition) is 6. The van der Waals surface area contributed by atoms with Gasteiger partial charge in [0.05, 0.1) is 21.5 Å². The van der Waals surface area contributed by atoms with Crippen LogP contribution in [0.5, 0.6) is 0 Å². The van der Waals surface area contributed by atoms with E-state index in [1.807, 2.05) is 24.3 Å². The lowest BCUT2D eigenvalue weighted by Crippen LogP contribution is -2.19. The fourth-order valence-electron chi connectivity index (χ4n) is 3.12. The standard InChI is InChI=1S/C18H17N3O2S3/c19-16(23)15-10-5-1-3-7-12(10)25-17(15)21-14(22)9-24-18-20-11-6-2-4-8-13(11)26-18/h2,4,6,8H,1,3,5,7,9H2,(H2,19,23)(H,21,22). The molecular weight excluding hydrogens is 386 g/mol. The molecule has 1 aliphatic carbocycles. The van der Waals surface area contributed by atoms with E-state index in [2.05, 4.69) is 10.3 Å². The number of para-hydroxylation sites is 1. The Labute approximate surface area is 163 Å². The molecule has 2 heterocycles. The number of primary amides is 1. The van der Waals surface area contributed by atoms with Gasteiger partial charge in [0.15, 0.2) is 4.34 Å². The summed E-state index contributed by atoms with van der Waals surface area (Å²) < 4.78 is 1.97. The lowest BCUT2D eigenvalue weighted by Gasteiger charge is -2.11. The summed E-state index contributed by atoms with van der Waals surface area (Å²) in [4.78, 5) is 30.0. The minimum atomic E-state index is -0.460. The lowest BCUT2D eigenvalue weighted by molar-refractivity contribution is -0.113. The van der Waals surface area contributed by atoms with E-state index in [-0.39, 0.29) is 11.7 Å². The van der Waals surface area contributed by atoms with Gasteiger partial charge in [0.2, 0.25) is 5.91 Å². The molecule has 5 nitrogen and oxygen atoms in total. The largest absolute Gasteiger partial charge is 0.365 e. The Bertz CT molecular complexity index is 960. The van der Waals surface area contributed by atoms with Crippen molar-refractivity contribution in [1.29, 1.82) is 0 Å². The molecule has 0 saturated heterocycles. The average molecular weight is 404 g/mol. The van der Waals surface area contributed by atoms with Crippen LogP contribution >= 0.6 is 34.4 Å². The fourth-order valence-corrected chi connectivity index (χ4v) is 6.30. The third kappa shape index (κ3) is 3.49. The van der Waals surface area contributed by atoms with Crippen molar-refractivity contribution in [3.8, 4) is 0 Å². The number of amides is 2. The topological polar surface area (TPSA) is 85.1 Å². The summed E-state index contributed by atoms with van der Waals surface area (Å²) >= 11 is 4.47. The van der Waals surface area contributed by atoms with E-state index >= 15 is 0 Å². The maximum atomic E-state index is 12.4. The number of benzene rings is 1. The first-order chi connectivity index (χ1) is 12.6. The zero-order valence-corrected chi connectivity index (χ0v) is 16.4. The summed E-state index contributed by atoms with van der Waals surface area (Å²) in [5.41, 5.74) is 8.05. The number of thiazole rings is 1. The van der Waals surface area contributed by atoms with Gasteiger partial charge in [-0.3, -0.25) is 9.59 Å². The number of nitrogens with zero attached hydrogens (tertiary/aromatic N) is 1. The second-order valence-corrected chi connectivity index (χ2v) is 9.42. The Morgan fingerprint density at radius 2 is 2.00 bits per heavy atom. The first kappa shape index (κ1) is 17.5. The van der Waals surface area contributed by atoms with Crippen LogP contribution in [0, 0.1) is 0 Å². The number of carbonyl (C=O) groups excluding carboxylic acids is 2. The molecule has 1 aromatic carbocycles. The maximum absolute atomic E-state index is 12.4. The van der Waals surface area contributed by atoms with Crippen LogP contribution in [-0.2, 0) is 17.6 Å². The highest BCUT2D eigenvalue weighted by Crippen LogP contribution is 2.38. The highest BCUT2D eigenvalue weighted by Gasteiger charge is 2.25. The van der Waals surface area contributed by atoms with Crippen molar-refractivity contribution in [2.75, 3.05) is 11.1 Å². The molecule has 8 heteroatoms. The van der Waals surface area contributed by atoms with Crippen molar-refractivity contribution in [1.82, 2.24) is 4.98 Å². The van der Waals surface area contributed by atoms with Crippen molar-refractivity contribution in [2.45, 2.75) is 30.0 Å². The summed E-state index contributed by atoms with van der Waals surface area (Å²) in [6.07, 6.45) is 3.99. The molecule has 0 bridgehead atoms. The van der Waals surface area contributed by atoms with Crippen LogP contribution in [0.15, 0.2) is 28.6 Å². The van der Waals surface area contributed by atoms with Gasteiger partial charge in [-0.05, 0) is 43.4 Å². The first-order valence-electron chi connectivity index (χ1n) is 8.34. The predicted octanol–water partition coefficient (Wildman–Crippen LogP) is 4.07. The van der Waals surface area contributed by atoms with Gasteiger partial charge in [-0.2, -0.15) is 0 Å². The van der Waals surface area contributed by atoms with Gasteiger partial charge < -0.3 is 11.1 Å². The van der Waals surface area contributed by atoms with Crippen molar-refractivity contribution in [3.63, 3.8) is 0 Å². The SMILES string of the molecule is NC(=O)c1c(NC(=O)CSc2nc3ccccc3s2)sc2c1CCCC2. The molecule has 2 aromatic heterocycles. The van der Waals surface area contributed by atoms with Gasteiger partial charge in [0.25, 0.3) is 5.91 Å². The molecule has 26 heavy (non-hydrogen) atoms. The molecule has 0 atom stereocenters. The number of aryl methyl sites for hydroxylation is 1. The molecular formula is C18H17N3O2S3. The van der Waals surface area contributed by atoms with E-state index in [4.69, 9.17) is 5.73 Å². The number of nitrogens with one attached hydrogen (secondary N) is 1. The average Bonchev–Trinajstić information content (AvgIpc) is 3.20. The third-order valence-electron chi connectivity index (χ3n) is 4.27. The number of thioether (sulfide) groups is 1. The number of rotatable bonds is 5. The van der Waals surface area contributed by atoms with Crippen LogP contribution in [0.1, 0.15) is 33.6 Å². The summed E-state index contributed by atoms with van der Waals surface area (Å²) in [5.74, 6) is -0.352. The zero-order valence-electron chi connectivity index (χ0n) is 13.9. The Morgan fingerprint density at radius 3 is 2.81 bits per heavy atom. The molecule has 0 fully saturated rings. The second kappa shape index (κ2) is 7.38. The van der Waals surface area contributed by atoms with Crippen LogP contribution in [0.3, 0.4) is 0 Å². The van der Waals surface area contributed by atoms with Crippen LogP contribution in [0.4, 0.5) is 5.00 Å². The number of carbonyl (C=O) groups is 2. The van der Waals surface area contributed by atoms with Gasteiger partial charge in [0.1, 0.15) is 5.00 Å². The van der Waals surface area contributed by atoms with E-state index in [0.717, 1.165) is 45.8 Å². The highest BCUT2D eigenvalue weighted by molar-refractivity contribution is 8.01. The van der Waals surface area contributed by atoms with Crippen LogP contribution in [0.2, 0.25) is 0 Å². The van der Waals surface area contributed by atoms with E-state index in [0.29, 0.717) is 10.6 Å². The Balaban J connectivity index is 1.46. The first-order valence-corrected chi connectivity index (χ1v) is 11.0. The van der Waals surface area contributed by atoms with Gasteiger partial charge in [-0.1, -0.05) is 23.9 Å². The molecule has 0 spiro atoms. The van der Waals surface area contributed by atoms with E-state index < -0.39 is 5.91 Å². The van der Waals surface area contributed by atoms with Gasteiger partial charge in [-0.25, -0.2) is 4.98 Å². The second-order valence-electron chi connectivity index (χ2n) is 6.06. The Morgan fingerprint density at radius 1 is 1.19 bits per heavy atom. The smallest absolute Gasteiger partial charge is 0.251 e. The van der Waals surface area contributed by atoms with Crippen molar-refractivity contribution >= 4 is 61.5 Å². The number of anilines is 1. The molecule has 134 valence electrons. The van der Waals surface area contributed by atoms with Crippen LogP contribution in [0.25, 0.3) is 10.2 Å². The monoisotopic (exact) mass is 403 g/mol. The van der Waals surface area contributed by atoms with Crippen molar-refractivity contribution < 1.29 is 9.59 Å². The van der Waals surface area contributed by atoms with E-state index in [9.17, 15) is 9.59 Å². The zero-order chi connectivity index (χ0) is 18.1. The predicted molar refractivity (Wildman–Crippen MR) is 108 cm³/mol. The minimum Gasteiger partial charge on any atom is -0.365 e. The third-order valence-corrected chi connectivity index (χ3v) is 7.66. The number of nitrogens with two attached hydrogens (primary N) is 1.